The first-order valence-electron chi connectivity index (χ1n) is 7.26. The molecule has 21 heavy (non-hydrogen) atoms. The molecule has 0 amide bonds. The smallest absolute Gasteiger partial charge is 0.0272 e. The van der Waals surface area contributed by atoms with Gasteiger partial charge in [0.1, 0.15) is 0 Å². The van der Waals surface area contributed by atoms with E-state index in [-0.39, 0.29) is 5.92 Å². The van der Waals surface area contributed by atoms with Gasteiger partial charge in [-0.1, -0.05) is 103 Å². The van der Waals surface area contributed by atoms with Crippen LogP contribution in [0.5, 0.6) is 0 Å². The number of allylic oxidation sites excluding steroid dienone is 1. The van der Waals surface area contributed by atoms with E-state index in [0.717, 1.165) is 0 Å². The quantitative estimate of drug-likeness (QED) is 0.584. The first-order chi connectivity index (χ1) is 10.4. The molecule has 3 aromatic carbocycles. The Morgan fingerprint density at radius 1 is 0.524 bits per heavy atom. The molecule has 0 spiro atoms. The van der Waals surface area contributed by atoms with Gasteiger partial charge in [-0.3, -0.25) is 0 Å². The van der Waals surface area contributed by atoms with Crippen LogP contribution < -0.4 is 0 Å². The molecule has 0 bridgehead atoms. The van der Waals surface area contributed by atoms with Gasteiger partial charge in [0.15, 0.2) is 0 Å². The second-order valence-corrected chi connectivity index (χ2v) is 5.07. The zero-order valence-corrected chi connectivity index (χ0v) is 11.9. The van der Waals surface area contributed by atoms with E-state index in [9.17, 15) is 0 Å². The van der Waals surface area contributed by atoms with Gasteiger partial charge < -0.3 is 0 Å². The molecular formula is C21H18. The Morgan fingerprint density at radius 2 is 0.952 bits per heavy atom. The second-order valence-electron chi connectivity index (χ2n) is 5.07. The van der Waals surface area contributed by atoms with Gasteiger partial charge in [0.25, 0.3) is 0 Å². The number of rotatable bonds is 4. The van der Waals surface area contributed by atoms with Crippen LogP contribution in [0.1, 0.15) is 22.6 Å². The van der Waals surface area contributed by atoms with Crippen molar-refractivity contribution in [2.75, 3.05) is 0 Å². The predicted octanol–water partition coefficient (Wildman–Crippen LogP) is 5.53. The molecule has 0 saturated carbocycles. The Kier molecular flexibility index (Phi) is 4.28. The van der Waals surface area contributed by atoms with Crippen LogP contribution in [0.4, 0.5) is 0 Å². The first-order valence-corrected chi connectivity index (χ1v) is 7.26. The highest BCUT2D eigenvalue weighted by atomic mass is 14.1. The summed E-state index contributed by atoms with van der Waals surface area (Å²) in [5, 5.41) is 0. The van der Waals surface area contributed by atoms with E-state index in [1.54, 1.807) is 0 Å². The highest BCUT2D eigenvalue weighted by Gasteiger charge is 2.09. The second kappa shape index (κ2) is 6.71. The summed E-state index contributed by atoms with van der Waals surface area (Å²) >= 11 is 0. The third-order valence-corrected chi connectivity index (χ3v) is 3.60. The summed E-state index contributed by atoms with van der Waals surface area (Å²) in [6.07, 6.45) is 4.48. The molecule has 0 heteroatoms. The van der Waals surface area contributed by atoms with E-state index in [0.29, 0.717) is 0 Å². The molecule has 3 aromatic rings. The molecule has 0 nitrogen and oxygen atoms in total. The summed E-state index contributed by atoms with van der Waals surface area (Å²) in [5.74, 6) is 0.285. The Balaban J connectivity index is 1.96. The highest BCUT2D eigenvalue weighted by Crippen LogP contribution is 2.26. The lowest BCUT2D eigenvalue weighted by Gasteiger charge is -2.14. The van der Waals surface area contributed by atoms with Crippen molar-refractivity contribution in [2.24, 2.45) is 0 Å². The molecule has 0 saturated heterocycles. The lowest BCUT2D eigenvalue weighted by atomic mass is 9.90. The summed E-state index contributed by atoms with van der Waals surface area (Å²) in [6.45, 7) is 0. The lowest BCUT2D eigenvalue weighted by molar-refractivity contribution is 1.03. The highest BCUT2D eigenvalue weighted by molar-refractivity contribution is 5.52. The van der Waals surface area contributed by atoms with Crippen LogP contribution in [0.25, 0.3) is 6.08 Å². The van der Waals surface area contributed by atoms with Gasteiger partial charge in [-0.2, -0.15) is 0 Å². The molecule has 0 heterocycles. The van der Waals surface area contributed by atoms with Crippen molar-refractivity contribution < 1.29 is 0 Å². The zero-order chi connectivity index (χ0) is 14.3. The lowest BCUT2D eigenvalue weighted by Crippen LogP contribution is -1.97. The molecule has 0 unspecified atom stereocenters. The van der Waals surface area contributed by atoms with E-state index >= 15 is 0 Å². The van der Waals surface area contributed by atoms with Gasteiger partial charge in [0, 0.05) is 5.92 Å². The maximum atomic E-state index is 2.28. The van der Waals surface area contributed by atoms with Crippen molar-refractivity contribution in [2.45, 2.75) is 5.92 Å². The predicted molar refractivity (Wildman–Crippen MR) is 90.2 cm³/mol. The zero-order valence-electron chi connectivity index (χ0n) is 11.9. The van der Waals surface area contributed by atoms with Crippen LogP contribution in [0, 0.1) is 0 Å². The SMILES string of the molecule is C(=CC(c1ccccc1)c1ccccc1)c1ccccc1. The fourth-order valence-electron chi connectivity index (χ4n) is 2.51. The fraction of sp³-hybridized carbons (Fsp3) is 0.0476. The van der Waals surface area contributed by atoms with Gasteiger partial charge in [-0.25, -0.2) is 0 Å². The standard InChI is InChI=1S/C21H18/c1-4-10-18(11-5-1)16-17-21(19-12-6-2-7-13-19)20-14-8-3-9-15-20/h1-17,21H. The molecule has 0 aromatic heterocycles. The Labute approximate surface area is 126 Å². The van der Waals surface area contributed by atoms with Crippen molar-refractivity contribution in [1.29, 1.82) is 0 Å². The van der Waals surface area contributed by atoms with Crippen molar-refractivity contribution >= 4 is 6.08 Å². The van der Waals surface area contributed by atoms with Crippen molar-refractivity contribution in [3.8, 4) is 0 Å². The third-order valence-electron chi connectivity index (χ3n) is 3.60. The van der Waals surface area contributed by atoms with Crippen LogP contribution in [-0.4, -0.2) is 0 Å². The van der Waals surface area contributed by atoms with Gasteiger partial charge in [0.05, 0.1) is 0 Å². The summed E-state index contributed by atoms with van der Waals surface area (Å²) in [4.78, 5) is 0. The van der Waals surface area contributed by atoms with Crippen LogP contribution in [0.2, 0.25) is 0 Å². The number of hydrogen-bond acceptors (Lipinski definition) is 0. The van der Waals surface area contributed by atoms with E-state index in [4.69, 9.17) is 0 Å². The minimum Gasteiger partial charge on any atom is -0.0721 e. The van der Waals surface area contributed by atoms with Crippen LogP contribution in [-0.2, 0) is 0 Å². The average Bonchev–Trinajstić information content (AvgIpc) is 2.58. The van der Waals surface area contributed by atoms with Crippen molar-refractivity contribution in [1.82, 2.24) is 0 Å². The minimum atomic E-state index is 0.285. The summed E-state index contributed by atoms with van der Waals surface area (Å²) < 4.78 is 0. The van der Waals surface area contributed by atoms with Crippen LogP contribution >= 0.6 is 0 Å². The Morgan fingerprint density at radius 3 is 1.43 bits per heavy atom. The summed E-state index contributed by atoms with van der Waals surface area (Å²) in [7, 11) is 0. The molecule has 0 aliphatic heterocycles. The molecule has 0 aliphatic rings. The number of hydrogen-bond donors (Lipinski definition) is 0. The van der Waals surface area contributed by atoms with E-state index in [1.807, 2.05) is 6.07 Å². The summed E-state index contributed by atoms with van der Waals surface area (Å²) in [6, 6.07) is 31.7. The van der Waals surface area contributed by atoms with Crippen LogP contribution in [0.15, 0.2) is 97.1 Å². The van der Waals surface area contributed by atoms with Gasteiger partial charge in [-0.05, 0) is 16.7 Å². The minimum absolute atomic E-state index is 0.285. The Hall–Kier alpha value is -2.60. The molecule has 0 atom stereocenters. The first kappa shape index (κ1) is 13.4. The molecule has 102 valence electrons. The molecule has 0 radical (unpaired) electrons. The average molecular weight is 270 g/mol. The van der Waals surface area contributed by atoms with Gasteiger partial charge >= 0.3 is 0 Å². The molecule has 0 fully saturated rings. The molecule has 3 rings (SSSR count). The molecule has 0 N–H and O–H groups in total. The summed E-state index contributed by atoms with van der Waals surface area (Å²) in [5.41, 5.74) is 3.86. The van der Waals surface area contributed by atoms with Crippen molar-refractivity contribution in [3.05, 3.63) is 114 Å². The van der Waals surface area contributed by atoms with E-state index in [1.165, 1.54) is 16.7 Å². The fourth-order valence-corrected chi connectivity index (χ4v) is 2.51. The van der Waals surface area contributed by atoms with Crippen molar-refractivity contribution in [3.63, 3.8) is 0 Å². The van der Waals surface area contributed by atoms with Gasteiger partial charge in [-0.15, -0.1) is 0 Å². The topological polar surface area (TPSA) is 0 Å². The largest absolute Gasteiger partial charge is 0.0721 e. The maximum Gasteiger partial charge on any atom is 0.0272 e. The normalized spacial score (nSPS) is 11.1. The molecular weight excluding hydrogens is 252 g/mol. The van der Waals surface area contributed by atoms with E-state index in [2.05, 4.69) is 97.1 Å². The third kappa shape index (κ3) is 3.49. The monoisotopic (exact) mass is 270 g/mol. The maximum absolute atomic E-state index is 2.28. The number of benzene rings is 3. The van der Waals surface area contributed by atoms with Crippen LogP contribution in [0.3, 0.4) is 0 Å². The van der Waals surface area contributed by atoms with Gasteiger partial charge in [0.2, 0.25) is 0 Å². The van der Waals surface area contributed by atoms with E-state index < -0.39 is 0 Å². The Bertz CT molecular complexity index is 642. The molecule has 0 aliphatic carbocycles.